The lowest BCUT2D eigenvalue weighted by atomic mass is 10.0. The van der Waals surface area contributed by atoms with Gasteiger partial charge in [0.2, 0.25) is 0 Å². The summed E-state index contributed by atoms with van der Waals surface area (Å²) >= 11 is 6.16. The Bertz CT molecular complexity index is 848. The second-order valence-electron chi connectivity index (χ2n) is 4.55. The summed E-state index contributed by atoms with van der Waals surface area (Å²) < 4.78 is 24.3. The first-order valence-electron chi connectivity index (χ1n) is 6.15. The van der Waals surface area contributed by atoms with E-state index in [1.54, 1.807) is 19.9 Å². The molecular formula is C14H11ClFN3O2. The average Bonchev–Trinajstić information content (AvgIpc) is 2.86. The first kappa shape index (κ1) is 13.8. The van der Waals surface area contributed by atoms with Gasteiger partial charge >= 0.3 is 0 Å². The molecule has 0 radical (unpaired) electrons. The van der Waals surface area contributed by atoms with Gasteiger partial charge < -0.3 is 9.26 Å². The fourth-order valence-electron chi connectivity index (χ4n) is 2.18. The maximum Gasteiger partial charge on any atom is 0.261 e. The number of fused-ring (bicyclic) bond motifs is 1. The molecule has 3 rings (SSSR count). The normalized spacial score (nSPS) is 11.1. The molecule has 21 heavy (non-hydrogen) atoms. The van der Waals surface area contributed by atoms with Crippen molar-refractivity contribution in [1.82, 2.24) is 15.1 Å². The number of nitrogens with zero attached hydrogens (tertiary/aromatic N) is 3. The second-order valence-corrected chi connectivity index (χ2v) is 4.91. The number of hydrogen-bond acceptors (Lipinski definition) is 5. The van der Waals surface area contributed by atoms with Gasteiger partial charge in [0.05, 0.1) is 12.7 Å². The smallest absolute Gasteiger partial charge is 0.261 e. The third-order valence-corrected chi connectivity index (χ3v) is 3.48. The molecule has 0 unspecified atom stereocenters. The van der Waals surface area contributed by atoms with Crippen molar-refractivity contribution in [2.45, 2.75) is 13.8 Å². The van der Waals surface area contributed by atoms with E-state index in [0.717, 1.165) is 0 Å². The monoisotopic (exact) mass is 307 g/mol. The zero-order valence-corrected chi connectivity index (χ0v) is 12.3. The summed E-state index contributed by atoms with van der Waals surface area (Å²) in [6.07, 6.45) is 0. The maximum atomic E-state index is 14.1. The highest BCUT2D eigenvalue weighted by atomic mass is 35.5. The van der Waals surface area contributed by atoms with Crippen molar-refractivity contribution in [2.75, 3.05) is 7.11 Å². The lowest BCUT2D eigenvalue weighted by molar-refractivity contribution is 0.412. The Morgan fingerprint density at radius 2 is 2.00 bits per heavy atom. The van der Waals surface area contributed by atoms with E-state index in [-0.39, 0.29) is 16.6 Å². The molecule has 0 aliphatic rings. The van der Waals surface area contributed by atoms with E-state index in [2.05, 4.69) is 15.1 Å². The molecule has 0 fully saturated rings. The fraction of sp³-hybridized carbons (Fsp3) is 0.214. The minimum Gasteiger partial charge on any atom is -0.497 e. The minimum atomic E-state index is -0.498. The maximum absolute atomic E-state index is 14.1. The number of methoxy groups -OCH3 is 1. The molecule has 0 spiro atoms. The molecule has 1 aromatic carbocycles. The van der Waals surface area contributed by atoms with Crippen molar-refractivity contribution in [2.24, 2.45) is 0 Å². The number of halogens is 2. The number of ether oxygens (including phenoxy) is 1. The van der Waals surface area contributed by atoms with Gasteiger partial charge in [0.1, 0.15) is 16.4 Å². The summed E-state index contributed by atoms with van der Waals surface area (Å²) in [5.74, 6) is 0.646. The topological polar surface area (TPSA) is 61.0 Å². The zero-order valence-electron chi connectivity index (χ0n) is 11.6. The molecule has 0 aliphatic carbocycles. The van der Waals surface area contributed by atoms with Crippen LogP contribution in [0, 0.1) is 19.7 Å². The second kappa shape index (κ2) is 4.96. The molecule has 0 bridgehead atoms. The van der Waals surface area contributed by atoms with Crippen LogP contribution in [0.5, 0.6) is 5.75 Å². The van der Waals surface area contributed by atoms with Crippen LogP contribution in [-0.2, 0) is 0 Å². The van der Waals surface area contributed by atoms with Crippen LogP contribution >= 0.6 is 11.6 Å². The predicted octanol–water partition coefficient (Wildman–Crippen LogP) is 3.70. The number of hydrogen-bond donors (Lipinski definition) is 0. The molecule has 0 amide bonds. The van der Waals surface area contributed by atoms with Gasteiger partial charge in [-0.1, -0.05) is 16.8 Å². The summed E-state index contributed by atoms with van der Waals surface area (Å²) in [5, 5.41) is 4.44. The molecule has 108 valence electrons. The highest BCUT2D eigenvalue weighted by Crippen LogP contribution is 2.35. The van der Waals surface area contributed by atoms with Gasteiger partial charge in [-0.25, -0.2) is 9.37 Å². The van der Waals surface area contributed by atoms with Gasteiger partial charge in [0.25, 0.3) is 5.89 Å². The van der Waals surface area contributed by atoms with Crippen LogP contribution in [0.25, 0.3) is 22.4 Å². The molecule has 2 aromatic heterocycles. The third-order valence-electron chi connectivity index (χ3n) is 3.21. The van der Waals surface area contributed by atoms with Crippen LogP contribution in [0.4, 0.5) is 4.39 Å². The molecule has 7 heteroatoms. The van der Waals surface area contributed by atoms with Gasteiger partial charge in [-0.15, -0.1) is 0 Å². The fourth-order valence-corrected chi connectivity index (χ4v) is 2.49. The lowest BCUT2D eigenvalue weighted by Crippen LogP contribution is -1.96. The van der Waals surface area contributed by atoms with Crippen LogP contribution in [0.15, 0.2) is 16.7 Å². The van der Waals surface area contributed by atoms with Crippen molar-refractivity contribution < 1.29 is 13.7 Å². The SMILES string of the molecule is COc1cc(F)c2nc(Cl)c(-c3nc(C)no3)c(C)c2c1. The highest BCUT2D eigenvalue weighted by Gasteiger charge is 2.20. The van der Waals surface area contributed by atoms with E-state index in [0.29, 0.717) is 28.1 Å². The Labute approximate surface area is 124 Å². The Kier molecular flexibility index (Phi) is 3.25. The van der Waals surface area contributed by atoms with E-state index in [4.69, 9.17) is 20.9 Å². The minimum absolute atomic E-state index is 0.118. The Balaban J connectivity index is 2.37. The molecule has 0 aliphatic heterocycles. The van der Waals surface area contributed by atoms with Crippen molar-refractivity contribution in [3.63, 3.8) is 0 Å². The number of pyridine rings is 1. The largest absolute Gasteiger partial charge is 0.497 e. The van der Waals surface area contributed by atoms with Crippen LogP contribution in [-0.4, -0.2) is 22.2 Å². The lowest BCUT2D eigenvalue weighted by Gasteiger charge is -2.10. The van der Waals surface area contributed by atoms with E-state index in [1.165, 1.54) is 13.2 Å². The molecule has 3 aromatic rings. The van der Waals surface area contributed by atoms with E-state index >= 15 is 0 Å². The van der Waals surface area contributed by atoms with Crippen molar-refractivity contribution >= 4 is 22.5 Å². The molecule has 0 saturated heterocycles. The Morgan fingerprint density at radius 1 is 1.24 bits per heavy atom. The van der Waals surface area contributed by atoms with Gasteiger partial charge in [-0.2, -0.15) is 4.98 Å². The molecule has 0 saturated carbocycles. The van der Waals surface area contributed by atoms with Gasteiger partial charge in [-0.05, 0) is 25.5 Å². The van der Waals surface area contributed by atoms with Gasteiger partial charge in [0, 0.05) is 11.5 Å². The van der Waals surface area contributed by atoms with E-state index < -0.39 is 5.82 Å². The van der Waals surface area contributed by atoms with E-state index in [1.807, 2.05) is 0 Å². The standard InChI is InChI=1S/C14H11ClFN3O2/c1-6-9-4-8(20-3)5-10(16)12(9)18-13(15)11(6)14-17-7(2)19-21-14/h4-5H,1-3H3. The zero-order chi connectivity index (χ0) is 15.1. The molecular weight excluding hydrogens is 297 g/mol. The summed E-state index contributed by atoms with van der Waals surface area (Å²) in [4.78, 5) is 8.25. The number of aryl methyl sites for hydroxylation is 2. The Hall–Kier alpha value is -2.21. The van der Waals surface area contributed by atoms with Gasteiger partial charge in [0.15, 0.2) is 11.6 Å². The van der Waals surface area contributed by atoms with Gasteiger partial charge in [-0.3, -0.25) is 0 Å². The van der Waals surface area contributed by atoms with Crippen molar-refractivity contribution in [3.05, 3.63) is 34.5 Å². The summed E-state index contributed by atoms with van der Waals surface area (Å²) in [5.41, 5.74) is 1.38. The van der Waals surface area contributed by atoms with Crippen LogP contribution < -0.4 is 4.74 Å². The summed E-state index contributed by atoms with van der Waals surface area (Å²) in [6.45, 7) is 3.50. The molecule has 2 heterocycles. The predicted molar refractivity (Wildman–Crippen MR) is 76.0 cm³/mol. The third kappa shape index (κ3) is 2.21. The van der Waals surface area contributed by atoms with Crippen LogP contribution in [0.1, 0.15) is 11.4 Å². The molecule has 0 N–H and O–H groups in total. The number of benzene rings is 1. The van der Waals surface area contributed by atoms with Crippen LogP contribution in [0.3, 0.4) is 0 Å². The average molecular weight is 308 g/mol. The van der Waals surface area contributed by atoms with Crippen molar-refractivity contribution in [1.29, 1.82) is 0 Å². The first-order chi connectivity index (χ1) is 10.0. The summed E-state index contributed by atoms with van der Waals surface area (Å²) in [6, 6.07) is 2.96. The highest BCUT2D eigenvalue weighted by molar-refractivity contribution is 6.32. The first-order valence-corrected chi connectivity index (χ1v) is 6.53. The Morgan fingerprint density at radius 3 is 2.62 bits per heavy atom. The molecule has 5 nitrogen and oxygen atoms in total. The number of aromatic nitrogens is 3. The van der Waals surface area contributed by atoms with Crippen LogP contribution in [0.2, 0.25) is 5.15 Å². The number of rotatable bonds is 2. The molecule has 0 atom stereocenters. The van der Waals surface area contributed by atoms with E-state index in [9.17, 15) is 4.39 Å². The summed E-state index contributed by atoms with van der Waals surface area (Å²) in [7, 11) is 1.47. The van der Waals surface area contributed by atoms with Crippen molar-refractivity contribution in [3.8, 4) is 17.2 Å². The quantitative estimate of drug-likeness (QED) is 0.675.